The van der Waals surface area contributed by atoms with Crippen molar-refractivity contribution in [1.82, 2.24) is 5.32 Å². The molecule has 1 aromatic rings. The first-order valence-electron chi connectivity index (χ1n) is 5.81. The quantitative estimate of drug-likeness (QED) is 0.771. The second-order valence-corrected chi connectivity index (χ2v) is 4.71. The van der Waals surface area contributed by atoms with Crippen LogP contribution in [0.4, 0.5) is 0 Å². The highest BCUT2D eigenvalue weighted by molar-refractivity contribution is 7.80. The van der Waals surface area contributed by atoms with Gasteiger partial charge in [-0.25, -0.2) is 0 Å². The van der Waals surface area contributed by atoms with E-state index in [1.54, 1.807) is 0 Å². The summed E-state index contributed by atoms with van der Waals surface area (Å²) in [4.78, 5) is 0.742. The zero-order valence-electron chi connectivity index (χ0n) is 9.23. The molecule has 0 spiro atoms. The molecule has 1 aliphatic rings. The largest absolute Gasteiger partial charge is 0.391 e. The van der Waals surface area contributed by atoms with Gasteiger partial charge < -0.3 is 10.4 Å². The molecule has 1 aliphatic carbocycles. The van der Waals surface area contributed by atoms with E-state index in [4.69, 9.17) is 12.2 Å². The molecule has 1 saturated carbocycles. The standard InChI is InChI=1S/C13H17NOS/c15-12-9-5-4-8-11(12)14-13(16)10-6-2-1-3-7-10/h1-3,6-7,11-12,15H,4-5,8-9H2,(H,14,16). The van der Waals surface area contributed by atoms with Gasteiger partial charge in [0.15, 0.2) is 0 Å². The van der Waals surface area contributed by atoms with Crippen molar-refractivity contribution in [2.75, 3.05) is 0 Å². The molecule has 3 heteroatoms. The summed E-state index contributed by atoms with van der Waals surface area (Å²) >= 11 is 5.33. The molecule has 0 bridgehead atoms. The van der Waals surface area contributed by atoms with Gasteiger partial charge in [-0.05, 0) is 12.8 Å². The molecule has 2 N–H and O–H groups in total. The number of benzene rings is 1. The fourth-order valence-electron chi connectivity index (χ4n) is 2.12. The maximum atomic E-state index is 9.84. The van der Waals surface area contributed by atoms with E-state index in [2.05, 4.69) is 5.32 Å². The van der Waals surface area contributed by atoms with E-state index in [-0.39, 0.29) is 12.1 Å². The molecule has 0 heterocycles. The van der Waals surface area contributed by atoms with E-state index in [0.717, 1.165) is 29.8 Å². The molecule has 0 amide bonds. The Kier molecular flexibility index (Phi) is 3.91. The van der Waals surface area contributed by atoms with Gasteiger partial charge in [0.1, 0.15) is 4.99 Å². The molecule has 1 aromatic carbocycles. The molecule has 1 fully saturated rings. The summed E-state index contributed by atoms with van der Waals surface area (Å²) in [6.45, 7) is 0. The highest BCUT2D eigenvalue weighted by Gasteiger charge is 2.23. The van der Waals surface area contributed by atoms with Crippen molar-refractivity contribution in [1.29, 1.82) is 0 Å². The Hall–Kier alpha value is -0.930. The molecule has 2 atom stereocenters. The van der Waals surface area contributed by atoms with Crippen LogP contribution in [-0.4, -0.2) is 22.2 Å². The summed E-state index contributed by atoms with van der Waals surface area (Å²) in [7, 11) is 0. The monoisotopic (exact) mass is 235 g/mol. The summed E-state index contributed by atoms with van der Waals surface area (Å²) in [5, 5.41) is 13.1. The summed E-state index contributed by atoms with van der Waals surface area (Å²) in [6, 6.07) is 10.0. The maximum absolute atomic E-state index is 9.84. The minimum absolute atomic E-state index is 0.126. The fraction of sp³-hybridized carbons (Fsp3) is 0.462. The van der Waals surface area contributed by atoms with Gasteiger partial charge in [-0.3, -0.25) is 0 Å². The molecule has 2 unspecified atom stereocenters. The molecule has 2 nitrogen and oxygen atoms in total. The molecule has 16 heavy (non-hydrogen) atoms. The zero-order valence-corrected chi connectivity index (χ0v) is 10.0. The van der Waals surface area contributed by atoms with Gasteiger partial charge in [0.25, 0.3) is 0 Å². The minimum atomic E-state index is -0.254. The van der Waals surface area contributed by atoms with E-state index in [1.807, 2.05) is 30.3 Å². The van der Waals surface area contributed by atoms with Gasteiger partial charge in [-0.15, -0.1) is 0 Å². The number of hydrogen-bond donors (Lipinski definition) is 2. The molecule has 0 aromatic heterocycles. The third kappa shape index (κ3) is 2.80. The Labute approximate surface area is 102 Å². The second kappa shape index (κ2) is 5.41. The van der Waals surface area contributed by atoms with E-state index in [1.165, 1.54) is 6.42 Å². The van der Waals surface area contributed by atoms with E-state index in [9.17, 15) is 5.11 Å². The van der Waals surface area contributed by atoms with Gasteiger partial charge in [-0.1, -0.05) is 55.4 Å². The van der Waals surface area contributed by atoms with Crippen LogP contribution in [0.5, 0.6) is 0 Å². The Bertz CT molecular complexity index is 352. The summed E-state index contributed by atoms with van der Waals surface area (Å²) in [5.74, 6) is 0. The number of aliphatic hydroxyl groups is 1. The third-order valence-electron chi connectivity index (χ3n) is 3.08. The average Bonchev–Trinajstić information content (AvgIpc) is 2.33. The molecular weight excluding hydrogens is 218 g/mol. The summed E-state index contributed by atoms with van der Waals surface area (Å²) < 4.78 is 0. The first kappa shape index (κ1) is 11.6. The second-order valence-electron chi connectivity index (χ2n) is 4.30. The first-order chi connectivity index (χ1) is 7.77. The molecule has 0 radical (unpaired) electrons. The lowest BCUT2D eigenvalue weighted by molar-refractivity contribution is 0.100. The van der Waals surface area contributed by atoms with Crippen LogP contribution >= 0.6 is 12.2 Å². The third-order valence-corrected chi connectivity index (χ3v) is 3.44. The lowest BCUT2D eigenvalue weighted by atomic mass is 9.92. The van der Waals surface area contributed by atoms with Gasteiger partial charge in [0, 0.05) is 5.56 Å². The predicted molar refractivity (Wildman–Crippen MR) is 69.5 cm³/mol. The van der Waals surface area contributed by atoms with Crippen LogP contribution in [0.1, 0.15) is 31.2 Å². The van der Waals surface area contributed by atoms with Crippen LogP contribution in [-0.2, 0) is 0 Å². The highest BCUT2D eigenvalue weighted by atomic mass is 32.1. The Balaban J connectivity index is 1.96. The molecule has 0 saturated heterocycles. The van der Waals surface area contributed by atoms with Crippen molar-refractivity contribution in [2.24, 2.45) is 0 Å². The van der Waals surface area contributed by atoms with Crippen LogP contribution in [0.15, 0.2) is 30.3 Å². The minimum Gasteiger partial charge on any atom is -0.391 e. The van der Waals surface area contributed by atoms with Crippen LogP contribution in [0, 0.1) is 0 Å². The topological polar surface area (TPSA) is 32.3 Å². The highest BCUT2D eigenvalue weighted by Crippen LogP contribution is 2.18. The molecule has 86 valence electrons. The van der Waals surface area contributed by atoms with Crippen molar-refractivity contribution < 1.29 is 5.11 Å². The predicted octanol–water partition coefficient (Wildman–Crippen LogP) is 2.26. The van der Waals surface area contributed by atoms with E-state index in [0.29, 0.717) is 0 Å². The zero-order chi connectivity index (χ0) is 11.4. The number of thiocarbonyl (C=S) groups is 1. The van der Waals surface area contributed by atoms with Gasteiger partial charge in [-0.2, -0.15) is 0 Å². The molecule has 2 rings (SSSR count). The smallest absolute Gasteiger partial charge is 0.106 e. The molecule has 0 aliphatic heterocycles. The van der Waals surface area contributed by atoms with Crippen LogP contribution < -0.4 is 5.32 Å². The lowest BCUT2D eigenvalue weighted by Crippen LogP contribution is -2.44. The average molecular weight is 235 g/mol. The van der Waals surface area contributed by atoms with Crippen molar-refractivity contribution in [3.05, 3.63) is 35.9 Å². The Morgan fingerprint density at radius 2 is 1.88 bits per heavy atom. The van der Waals surface area contributed by atoms with E-state index >= 15 is 0 Å². The van der Waals surface area contributed by atoms with Crippen LogP contribution in [0.25, 0.3) is 0 Å². The van der Waals surface area contributed by atoms with Crippen LogP contribution in [0.3, 0.4) is 0 Å². The molecular formula is C13H17NOS. The van der Waals surface area contributed by atoms with Gasteiger partial charge in [0.2, 0.25) is 0 Å². The number of hydrogen-bond acceptors (Lipinski definition) is 2. The van der Waals surface area contributed by atoms with Crippen molar-refractivity contribution in [3.8, 4) is 0 Å². The maximum Gasteiger partial charge on any atom is 0.106 e. The number of aliphatic hydroxyl groups excluding tert-OH is 1. The summed E-state index contributed by atoms with van der Waals surface area (Å²) in [6.07, 6.45) is 3.93. The normalized spacial score (nSPS) is 25.1. The first-order valence-corrected chi connectivity index (χ1v) is 6.22. The van der Waals surface area contributed by atoms with Gasteiger partial charge in [0.05, 0.1) is 12.1 Å². The van der Waals surface area contributed by atoms with Gasteiger partial charge >= 0.3 is 0 Å². The van der Waals surface area contributed by atoms with Crippen molar-refractivity contribution in [3.63, 3.8) is 0 Å². The van der Waals surface area contributed by atoms with E-state index < -0.39 is 0 Å². The summed E-state index contributed by atoms with van der Waals surface area (Å²) in [5.41, 5.74) is 1.02. The van der Waals surface area contributed by atoms with Crippen molar-refractivity contribution >= 4 is 17.2 Å². The SMILES string of the molecule is OC1CCCCC1NC(=S)c1ccccc1. The lowest BCUT2D eigenvalue weighted by Gasteiger charge is -2.29. The number of nitrogens with one attached hydrogen (secondary N) is 1. The van der Waals surface area contributed by atoms with Crippen molar-refractivity contribution in [2.45, 2.75) is 37.8 Å². The number of rotatable bonds is 2. The fourth-order valence-corrected chi connectivity index (χ4v) is 2.41. The Morgan fingerprint density at radius 1 is 1.19 bits per heavy atom. The Morgan fingerprint density at radius 3 is 2.56 bits per heavy atom. The van der Waals surface area contributed by atoms with Crippen LogP contribution in [0.2, 0.25) is 0 Å².